The monoisotopic (exact) mass is 462 g/mol. The van der Waals surface area contributed by atoms with E-state index in [1.165, 1.54) is 41.3 Å². The lowest BCUT2D eigenvalue weighted by Gasteiger charge is -2.18. The smallest absolute Gasteiger partial charge is 0.252 e. The number of fused-ring (bicyclic) bond motifs is 4. The van der Waals surface area contributed by atoms with Crippen molar-refractivity contribution in [3.63, 3.8) is 0 Å². The van der Waals surface area contributed by atoms with E-state index >= 15 is 0 Å². The molecule has 0 radical (unpaired) electrons. The SMILES string of the molecule is O=C1N[C@H](c2cc(F)ccc2Cl)c2c1ccc1cnc(N3C(=O)Cc4cc(F)ccc43)nc21. The lowest BCUT2D eigenvalue weighted by atomic mass is 9.96. The summed E-state index contributed by atoms with van der Waals surface area (Å²) < 4.78 is 27.6. The van der Waals surface area contributed by atoms with Crippen molar-refractivity contribution in [3.05, 3.63) is 93.6 Å². The van der Waals surface area contributed by atoms with Gasteiger partial charge in [0.05, 0.1) is 23.7 Å². The second kappa shape index (κ2) is 7.05. The van der Waals surface area contributed by atoms with E-state index in [1.54, 1.807) is 18.3 Å². The number of aromatic nitrogens is 2. The zero-order chi connectivity index (χ0) is 22.9. The van der Waals surface area contributed by atoms with Gasteiger partial charge in [-0.05, 0) is 48.0 Å². The summed E-state index contributed by atoms with van der Waals surface area (Å²) >= 11 is 6.33. The Balaban J connectivity index is 1.56. The average Bonchev–Trinajstić information content (AvgIpc) is 3.30. The van der Waals surface area contributed by atoms with Crippen LogP contribution in [0, 0.1) is 11.6 Å². The fraction of sp³-hybridized carbons (Fsp3) is 0.0833. The molecule has 33 heavy (non-hydrogen) atoms. The molecule has 0 saturated heterocycles. The van der Waals surface area contributed by atoms with Crippen LogP contribution in [0.3, 0.4) is 0 Å². The van der Waals surface area contributed by atoms with Crippen molar-refractivity contribution in [1.29, 1.82) is 0 Å². The molecule has 0 unspecified atom stereocenters. The minimum absolute atomic E-state index is 0.0307. The summed E-state index contributed by atoms with van der Waals surface area (Å²) in [6.07, 6.45) is 1.59. The number of carbonyl (C=O) groups is 2. The van der Waals surface area contributed by atoms with Crippen LogP contribution in [0.2, 0.25) is 5.02 Å². The molecule has 4 aromatic rings. The maximum Gasteiger partial charge on any atom is 0.252 e. The number of nitrogens with one attached hydrogen (secondary N) is 1. The molecule has 2 amide bonds. The van der Waals surface area contributed by atoms with E-state index in [9.17, 15) is 18.4 Å². The fourth-order valence-electron chi connectivity index (χ4n) is 4.47. The lowest BCUT2D eigenvalue weighted by molar-refractivity contribution is -0.116. The Morgan fingerprint density at radius 3 is 2.67 bits per heavy atom. The molecular formula is C24H13ClF2N4O2. The van der Waals surface area contributed by atoms with Crippen LogP contribution in [-0.4, -0.2) is 21.8 Å². The molecule has 9 heteroatoms. The summed E-state index contributed by atoms with van der Waals surface area (Å²) in [5.74, 6) is -1.44. The third-order valence-corrected chi connectivity index (χ3v) is 6.27. The number of nitrogens with zero attached hydrogens (tertiary/aromatic N) is 3. The van der Waals surface area contributed by atoms with Gasteiger partial charge >= 0.3 is 0 Å². The first-order valence-corrected chi connectivity index (χ1v) is 10.5. The molecule has 6 nitrogen and oxygen atoms in total. The first-order chi connectivity index (χ1) is 15.9. The highest BCUT2D eigenvalue weighted by molar-refractivity contribution is 6.31. The Morgan fingerprint density at radius 2 is 1.82 bits per heavy atom. The van der Waals surface area contributed by atoms with Crippen LogP contribution in [0.25, 0.3) is 10.9 Å². The zero-order valence-electron chi connectivity index (χ0n) is 16.8. The van der Waals surface area contributed by atoms with E-state index in [0.29, 0.717) is 43.9 Å². The van der Waals surface area contributed by atoms with Gasteiger partial charge in [-0.15, -0.1) is 0 Å². The van der Waals surface area contributed by atoms with Crippen molar-refractivity contribution in [3.8, 4) is 0 Å². The Hall–Kier alpha value is -3.91. The fourth-order valence-corrected chi connectivity index (χ4v) is 4.69. The van der Waals surface area contributed by atoms with Gasteiger partial charge in [-0.3, -0.25) is 9.59 Å². The summed E-state index contributed by atoms with van der Waals surface area (Å²) in [6.45, 7) is 0. The molecule has 2 aliphatic heterocycles. The van der Waals surface area contributed by atoms with Gasteiger partial charge in [0.2, 0.25) is 11.9 Å². The molecule has 0 saturated carbocycles. The van der Waals surface area contributed by atoms with Crippen molar-refractivity contribution in [1.82, 2.24) is 15.3 Å². The van der Waals surface area contributed by atoms with E-state index < -0.39 is 17.7 Å². The van der Waals surface area contributed by atoms with Gasteiger partial charge in [0, 0.05) is 33.3 Å². The van der Waals surface area contributed by atoms with Crippen molar-refractivity contribution < 1.29 is 18.4 Å². The highest BCUT2D eigenvalue weighted by atomic mass is 35.5. The normalized spacial score (nSPS) is 16.8. The van der Waals surface area contributed by atoms with Crippen LogP contribution in [0.5, 0.6) is 0 Å². The Kier molecular flexibility index (Phi) is 4.22. The molecule has 3 heterocycles. The third-order valence-electron chi connectivity index (χ3n) is 5.93. The minimum Gasteiger partial charge on any atom is -0.341 e. The largest absolute Gasteiger partial charge is 0.341 e. The number of halogens is 3. The Labute approximate surface area is 190 Å². The van der Waals surface area contributed by atoms with Crippen molar-refractivity contribution in [2.75, 3.05) is 4.90 Å². The van der Waals surface area contributed by atoms with Gasteiger partial charge < -0.3 is 5.32 Å². The highest BCUT2D eigenvalue weighted by Gasteiger charge is 2.35. The number of amides is 2. The van der Waals surface area contributed by atoms with Gasteiger partial charge in [-0.1, -0.05) is 17.7 Å². The molecule has 0 bridgehead atoms. The molecule has 3 aromatic carbocycles. The summed E-state index contributed by atoms with van der Waals surface area (Å²) in [5.41, 5.74) is 2.79. The predicted molar refractivity (Wildman–Crippen MR) is 118 cm³/mol. The number of rotatable bonds is 2. The Morgan fingerprint density at radius 1 is 1.03 bits per heavy atom. The van der Waals surface area contributed by atoms with E-state index in [1.807, 2.05) is 0 Å². The molecule has 0 spiro atoms. The number of hydrogen-bond acceptors (Lipinski definition) is 4. The van der Waals surface area contributed by atoms with E-state index in [2.05, 4.69) is 15.3 Å². The molecule has 162 valence electrons. The maximum absolute atomic E-state index is 14.0. The quantitative estimate of drug-likeness (QED) is 0.472. The predicted octanol–water partition coefficient (Wildman–Crippen LogP) is 4.62. The van der Waals surface area contributed by atoms with Gasteiger partial charge in [0.25, 0.3) is 5.91 Å². The van der Waals surface area contributed by atoms with Crippen molar-refractivity contribution in [2.45, 2.75) is 12.5 Å². The molecule has 1 aromatic heterocycles. The van der Waals surface area contributed by atoms with Gasteiger partial charge in [0.15, 0.2) is 0 Å². The van der Waals surface area contributed by atoms with Crippen molar-refractivity contribution in [2.24, 2.45) is 0 Å². The van der Waals surface area contributed by atoms with E-state index in [0.717, 1.165) is 0 Å². The average molecular weight is 463 g/mol. The van der Waals surface area contributed by atoms with Crippen molar-refractivity contribution >= 4 is 46.0 Å². The Bertz CT molecular complexity index is 1520. The topological polar surface area (TPSA) is 75.2 Å². The molecule has 0 aliphatic carbocycles. The zero-order valence-corrected chi connectivity index (χ0v) is 17.5. The molecule has 0 fully saturated rings. The van der Waals surface area contributed by atoms with Crippen LogP contribution in [0.1, 0.15) is 33.1 Å². The summed E-state index contributed by atoms with van der Waals surface area (Å²) in [5, 5.41) is 3.78. The van der Waals surface area contributed by atoms with Gasteiger partial charge in [0.1, 0.15) is 11.6 Å². The third kappa shape index (κ3) is 2.98. The standard InChI is InChI=1S/C24H13ClF2N4O2/c25-17-5-2-14(27)9-16(17)22-20-15(23(33)29-22)4-1-11-10-28-24(30-21(11)20)31-18-6-3-13(26)7-12(18)8-19(31)32/h1-7,9-10,22H,8H2,(H,29,33)/t22-/m1/s1. The lowest BCUT2D eigenvalue weighted by Crippen LogP contribution is -2.23. The van der Waals surface area contributed by atoms with Crippen LogP contribution in [0.4, 0.5) is 20.4 Å². The number of anilines is 2. The number of benzene rings is 3. The van der Waals surface area contributed by atoms with Crippen LogP contribution < -0.4 is 10.2 Å². The van der Waals surface area contributed by atoms with Crippen LogP contribution in [-0.2, 0) is 11.2 Å². The van der Waals surface area contributed by atoms with Crippen LogP contribution in [0.15, 0.2) is 54.7 Å². The molecule has 6 rings (SSSR count). The second-order valence-electron chi connectivity index (χ2n) is 7.89. The highest BCUT2D eigenvalue weighted by Crippen LogP contribution is 2.40. The molecular weight excluding hydrogens is 450 g/mol. The van der Waals surface area contributed by atoms with Crippen LogP contribution >= 0.6 is 11.6 Å². The molecule has 1 N–H and O–H groups in total. The second-order valence-corrected chi connectivity index (χ2v) is 8.29. The summed E-state index contributed by atoms with van der Waals surface area (Å²) in [4.78, 5) is 35.7. The van der Waals surface area contributed by atoms with Gasteiger partial charge in [-0.2, -0.15) is 0 Å². The number of carbonyl (C=O) groups excluding carboxylic acids is 2. The first-order valence-electron chi connectivity index (χ1n) is 10.1. The molecule has 1 atom stereocenters. The van der Waals surface area contributed by atoms with E-state index in [4.69, 9.17) is 11.6 Å². The maximum atomic E-state index is 14.0. The van der Waals surface area contributed by atoms with E-state index in [-0.39, 0.29) is 24.2 Å². The first kappa shape index (κ1) is 19.8. The summed E-state index contributed by atoms with van der Waals surface area (Å²) in [7, 11) is 0. The number of hydrogen-bond donors (Lipinski definition) is 1. The summed E-state index contributed by atoms with van der Waals surface area (Å²) in [6, 6.07) is 10.7. The minimum atomic E-state index is -0.724. The van der Waals surface area contributed by atoms with Gasteiger partial charge in [-0.25, -0.2) is 23.6 Å². The molecule has 2 aliphatic rings.